The molecule has 5 aromatic rings. The molecule has 0 spiro atoms. The van der Waals surface area contributed by atoms with Gasteiger partial charge in [-0.3, -0.25) is 4.57 Å². The summed E-state index contributed by atoms with van der Waals surface area (Å²) in [6.45, 7) is 0. The average molecular weight is 442 g/mol. The van der Waals surface area contributed by atoms with Crippen molar-refractivity contribution in [1.29, 1.82) is 0 Å². The third kappa shape index (κ3) is 3.90. The monoisotopic (exact) mass is 441 g/mol. The maximum atomic E-state index is 12.1. The van der Waals surface area contributed by atoms with E-state index in [-0.39, 0.29) is 0 Å². The third-order valence-electron chi connectivity index (χ3n) is 5.07. The molecule has 6 nitrogen and oxygen atoms in total. The van der Waals surface area contributed by atoms with Crippen molar-refractivity contribution >= 4 is 22.7 Å². The lowest BCUT2D eigenvalue weighted by Gasteiger charge is -2.11. The fourth-order valence-corrected chi connectivity index (χ4v) is 4.49. The Morgan fingerprint density at radius 1 is 0.938 bits per heavy atom. The molecule has 0 saturated carbocycles. The van der Waals surface area contributed by atoms with Crippen molar-refractivity contribution < 1.29 is 9.15 Å². The van der Waals surface area contributed by atoms with Gasteiger partial charge in [-0.25, -0.2) is 4.79 Å². The number of para-hydroxylation sites is 1. The van der Waals surface area contributed by atoms with Crippen LogP contribution in [-0.2, 0) is 5.75 Å². The Balaban J connectivity index is 1.55. The Morgan fingerprint density at radius 3 is 2.44 bits per heavy atom. The molecule has 158 valence electrons. The summed E-state index contributed by atoms with van der Waals surface area (Å²) >= 11 is 1.52. The second-order valence-corrected chi connectivity index (χ2v) is 8.03. The average Bonchev–Trinajstić information content (AvgIpc) is 3.27. The molecule has 0 radical (unpaired) electrons. The molecule has 2 heterocycles. The highest BCUT2D eigenvalue weighted by Crippen LogP contribution is 2.31. The van der Waals surface area contributed by atoms with Crippen LogP contribution in [0.3, 0.4) is 0 Å². The van der Waals surface area contributed by atoms with Crippen LogP contribution in [0.1, 0.15) is 5.56 Å². The van der Waals surface area contributed by atoms with E-state index in [0.717, 1.165) is 33.2 Å². The molecule has 0 amide bonds. The molecule has 0 atom stereocenters. The van der Waals surface area contributed by atoms with Crippen molar-refractivity contribution in [2.75, 3.05) is 7.11 Å². The molecule has 0 bridgehead atoms. The Morgan fingerprint density at radius 2 is 1.69 bits per heavy atom. The van der Waals surface area contributed by atoms with Crippen LogP contribution < -0.4 is 10.4 Å². The SMILES string of the molecule is COc1ccc2c(CSc3nnc(-c4ccccc4)n3-c3ccccc3)cc(=O)oc2c1. The van der Waals surface area contributed by atoms with E-state index >= 15 is 0 Å². The highest BCUT2D eigenvalue weighted by molar-refractivity contribution is 7.98. The number of benzene rings is 3. The fraction of sp³-hybridized carbons (Fsp3) is 0.0800. The quantitative estimate of drug-likeness (QED) is 0.262. The Kier molecular flexibility index (Phi) is 5.47. The first-order valence-electron chi connectivity index (χ1n) is 10.0. The molecule has 3 aromatic carbocycles. The maximum absolute atomic E-state index is 12.1. The van der Waals surface area contributed by atoms with E-state index in [1.54, 1.807) is 13.2 Å². The molecule has 2 aromatic heterocycles. The largest absolute Gasteiger partial charge is 0.497 e. The van der Waals surface area contributed by atoms with Crippen LogP contribution in [0.4, 0.5) is 0 Å². The van der Waals surface area contributed by atoms with Crippen molar-refractivity contribution in [2.45, 2.75) is 10.9 Å². The highest BCUT2D eigenvalue weighted by Gasteiger charge is 2.17. The summed E-state index contributed by atoms with van der Waals surface area (Å²) in [5.74, 6) is 1.94. The van der Waals surface area contributed by atoms with Gasteiger partial charge in [0.2, 0.25) is 0 Å². The number of ether oxygens (including phenoxy) is 1. The summed E-state index contributed by atoms with van der Waals surface area (Å²) in [5.41, 5.74) is 2.93. The van der Waals surface area contributed by atoms with E-state index in [4.69, 9.17) is 9.15 Å². The first-order valence-corrected chi connectivity index (χ1v) is 11.0. The van der Waals surface area contributed by atoms with Crippen LogP contribution in [0, 0.1) is 0 Å². The lowest BCUT2D eigenvalue weighted by atomic mass is 10.1. The number of aromatic nitrogens is 3. The molecular weight excluding hydrogens is 422 g/mol. The third-order valence-corrected chi connectivity index (χ3v) is 6.05. The number of nitrogens with zero attached hydrogens (tertiary/aromatic N) is 3. The lowest BCUT2D eigenvalue weighted by Crippen LogP contribution is -2.02. The van der Waals surface area contributed by atoms with E-state index in [2.05, 4.69) is 10.2 Å². The Hall–Kier alpha value is -3.84. The van der Waals surface area contributed by atoms with Crippen LogP contribution >= 0.6 is 11.8 Å². The van der Waals surface area contributed by atoms with Crippen molar-refractivity contribution in [1.82, 2.24) is 14.8 Å². The molecule has 0 fully saturated rings. The standard InChI is InChI=1S/C25H19N3O3S/c1-30-20-12-13-21-18(14-23(29)31-22(21)15-20)16-32-25-27-26-24(17-8-4-2-5-9-17)28(25)19-10-6-3-7-11-19/h2-15H,16H2,1H3. The second-order valence-electron chi connectivity index (χ2n) is 7.08. The molecular formula is C25H19N3O3S. The smallest absolute Gasteiger partial charge is 0.336 e. The number of hydrogen-bond donors (Lipinski definition) is 0. The van der Waals surface area contributed by atoms with Crippen molar-refractivity contribution in [3.8, 4) is 22.8 Å². The second kappa shape index (κ2) is 8.72. The van der Waals surface area contributed by atoms with E-state index < -0.39 is 5.63 Å². The van der Waals surface area contributed by atoms with Gasteiger partial charge in [-0.2, -0.15) is 0 Å². The lowest BCUT2D eigenvalue weighted by molar-refractivity contribution is 0.414. The normalized spacial score (nSPS) is 11.0. The minimum Gasteiger partial charge on any atom is -0.497 e. The van der Waals surface area contributed by atoms with Crippen molar-refractivity contribution in [3.63, 3.8) is 0 Å². The van der Waals surface area contributed by atoms with E-state index in [0.29, 0.717) is 17.1 Å². The van der Waals surface area contributed by atoms with E-state index in [9.17, 15) is 4.79 Å². The predicted octanol–water partition coefficient (Wildman–Crippen LogP) is 5.34. The van der Waals surface area contributed by atoms with Gasteiger partial charge in [-0.05, 0) is 29.8 Å². The molecule has 0 unspecified atom stereocenters. The van der Waals surface area contributed by atoms with Gasteiger partial charge < -0.3 is 9.15 Å². The summed E-state index contributed by atoms with van der Waals surface area (Å²) in [6.07, 6.45) is 0. The first kappa shape index (κ1) is 20.1. The summed E-state index contributed by atoms with van der Waals surface area (Å²) in [5, 5.41) is 10.5. The molecule has 5 rings (SSSR count). The maximum Gasteiger partial charge on any atom is 0.336 e. The van der Waals surface area contributed by atoms with Crippen LogP contribution in [0.5, 0.6) is 5.75 Å². The highest BCUT2D eigenvalue weighted by atomic mass is 32.2. The summed E-state index contributed by atoms with van der Waals surface area (Å²) in [4.78, 5) is 12.1. The first-order chi connectivity index (χ1) is 15.7. The van der Waals surface area contributed by atoms with Gasteiger partial charge in [0.25, 0.3) is 0 Å². The van der Waals surface area contributed by atoms with Crippen molar-refractivity contribution in [2.24, 2.45) is 0 Å². The van der Waals surface area contributed by atoms with Gasteiger partial charge in [-0.15, -0.1) is 10.2 Å². The summed E-state index contributed by atoms with van der Waals surface area (Å²) in [7, 11) is 1.58. The van der Waals surface area contributed by atoms with Crippen LogP contribution in [0.2, 0.25) is 0 Å². The van der Waals surface area contributed by atoms with Gasteiger partial charge in [0.15, 0.2) is 11.0 Å². The van der Waals surface area contributed by atoms with Gasteiger partial charge in [0.1, 0.15) is 11.3 Å². The molecule has 0 aliphatic heterocycles. The van der Waals surface area contributed by atoms with Gasteiger partial charge in [0, 0.05) is 34.5 Å². The zero-order valence-electron chi connectivity index (χ0n) is 17.3. The van der Waals surface area contributed by atoms with Crippen LogP contribution in [0.25, 0.3) is 28.0 Å². The van der Waals surface area contributed by atoms with E-state index in [1.165, 1.54) is 17.8 Å². The zero-order valence-corrected chi connectivity index (χ0v) is 18.1. The number of hydrogen-bond acceptors (Lipinski definition) is 6. The molecule has 0 N–H and O–H groups in total. The fourth-order valence-electron chi connectivity index (χ4n) is 3.55. The molecule has 0 saturated heterocycles. The Labute approximate surface area is 188 Å². The molecule has 0 aliphatic carbocycles. The number of methoxy groups -OCH3 is 1. The summed E-state index contributed by atoms with van der Waals surface area (Å²) in [6, 6.07) is 27.0. The predicted molar refractivity (Wildman–Crippen MR) is 125 cm³/mol. The summed E-state index contributed by atoms with van der Waals surface area (Å²) < 4.78 is 12.7. The zero-order chi connectivity index (χ0) is 21.9. The van der Waals surface area contributed by atoms with Crippen molar-refractivity contribution in [3.05, 3.63) is 101 Å². The molecule has 7 heteroatoms. The van der Waals surface area contributed by atoms with Gasteiger partial charge in [-0.1, -0.05) is 60.3 Å². The Bertz CT molecular complexity index is 1430. The van der Waals surface area contributed by atoms with Crippen LogP contribution in [0.15, 0.2) is 99.3 Å². The minimum atomic E-state index is -0.393. The topological polar surface area (TPSA) is 70.2 Å². The van der Waals surface area contributed by atoms with Crippen LogP contribution in [-0.4, -0.2) is 21.9 Å². The van der Waals surface area contributed by atoms with Gasteiger partial charge in [0.05, 0.1) is 7.11 Å². The minimum absolute atomic E-state index is 0.393. The number of fused-ring (bicyclic) bond motifs is 1. The number of thioether (sulfide) groups is 1. The van der Waals surface area contributed by atoms with Gasteiger partial charge >= 0.3 is 5.63 Å². The van der Waals surface area contributed by atoms with E-state index in [1.807, 2.05) is 77.4 Å². The number of rotatable bonds is 6. The molecule has 0 aliphatic rings. The molecule has 32 heavy (non-hydrogen) atoms.